The number of aromatic amines is 1. The van der Waals surface area contributed by atoms with Crippen LogP contribution in [0.15, 0.2) is 30.5 Å². The predicted molar refractivity (Wildman–Crippen MR) is 215 cm³/mol. The molecule has 0 bridgehead atoms. The lowest BCUT2D eigenvalue weighted by atomic mass is 10.0. The highest BCUT2D eigenvalue weighted by molar-refractivity contribution is 7.98. The van der Waals surface area contributed by atoms with Crippen LogP contribution in [0, 0.1) is 11.8 Å². The van der Waals surface area contributed by atoms with Crippen LogP contribution < -0.4 is 32.7 Å². The zero-order valence-electron chi connectivity index (χ0n) is 33.1. The van der Waals surface area contributed by atoms with Gasteiger partial charge in [-0.25, -0.2) is 0 Å². The van der Waals surface area contributed by atoms with Gasteiger partial charge in [0.1, 0.15) is 30.2 Å². The van der Waals surface area contributed by atoms with Gasteiger partial charge < -0.3 is 47.5 Å². The summed E-state index contributed by atoms with van der Waals surface area (Å²) in [6, 6.07) is 2.19. The highest BCUT2D eigenvalue weighted by Crippen LogP contribution is 2.26. The van der Waals surface area contributed by atoms with Crippen LogP contribution in [-0.4, -0.2) is 124 Å². The molecule has 0 aliphatic carbocycles. The highest BCUT2D eigenvalue weighted by Gasteiger charge is 2.43. The Morgan fingerprint density at radius 2 is 1.55 bits per heavy atom. The molecule has 2 saturated heterocycles. The predicted octanol–water partition coefficient (Wildman–Crippen LogP) is 0.531. The second-order valence-electron chi connectivity index (χ2n) is 15.5. The van der Waals surface area contributed by atoms with Crippen molar-refractivity contribution in [3.63, 3.8) is 0 Å². The zero-order chi connectivity index (χ0) is 41.1. The van der Waals surface area contributed by atoms with Crippen molar-refractivity contribution in [2.45, 2.75) is 109 Å². The molecule has 1 aromatic heterocycles. The number of para-hydroxylation sites is 1. The van der Waals surface area contributed by atoms with E-state index >= 15 is 0 Å². The number of primary amides is 1. The lowest BCUT2D eigenvalue weighted by molar-refractivity contribution is -0.147. The zero-order valence-corrected chi connectivity index (χ0v) is 33.9. The molecule has 7 amide bonds. The summed E-state index contributed by atoms with van der Waals surface area (Å²) in [7, 11) is 0. The van der Waals surface area contributed by atoms with Gasteiger partial charge in [-0.05, 0) is 74.0 Å². The molecule has 17 heteroatoms. The summed E-state index contributed by atoms with van der Waals surface area (Å²) in [5.74, 6) is -3.16. The molecule has 2 aromatic rings. The number of hydrogen-bond acceptors (Lipinski definition) is 9. The van der Waals surface area contributed by atoms with E-state index in [0.717, 1.165) is 16.5 Å². The number of nitrogens with one attached hydrogen (secondary N) is 5. The van der Waals surface area contributed by atoms with Crippen molar-refractivity contribution in [2.75, 3.05) is 31.6 Å². The summed E-state index contributed by atoms with van der Waals surface area (Å²) in [5.41, 5.74) is 13.3. The van der Waals surface area contributed by atoms with E-state index < -0.39 is 72.3 Å². The van der Waals surface area contributed by atoms with Gasteiger partial charge in [0, 0.05) is 36.6 Å². The number of hydrogen-bond donors (Lipinski definition) is 7. The quantitative estimate of drug-likeness (QED) is 0.105. The summed E-state index contributed by atoms with van der Waals surface area (Å²) in [5, 5.41) is 11.7. The first-order valence-electron chi connectivity index (χ1n) is 19.5. The maximum absolute atomic E-state index is 13.8. The Balaban J connectivity index is 1.41. The van der Waals surface area contributed by atoms with Crippen LogP contribution in [0.2, 0.25) is 0 Å². The minimum absolute atomic E-state index is 0.0158. The molecule has 1 aromatic carbocycles. The molecule has 6 unspecified atom stereocenters. The molecule has 308 valence electrons. The molecule has 2 aliphatic heterocycles. The Morgan fingerprint density at radius 3 is 2.21 bits per heavy atom. The number of rotatable bonds is 19. The molecule has 9 N–H and O–H groups in total. The largest absolute Gasteiger partial charge is 0.368 e. The topological polar surface area (TPSA) is 242 Å². The van der Waals surface area contributed by atoms with Gasteiger partial charge in [-0.15, -0.1) is 0 Å². The number of carbonyl (C=O) groups is 7. The number of nitrogens with zero attached hydrogens (tertiary/aromatic N) is 2. The average Bonchev–Trinajstić information content (AvgIpc) is 3.94. The Morgan fingerprint density at radius 1 is 0.875 bits per heavy atom. The van der Waals surface area contributed by atoms with Crippen LogP contribution in [0.3, 0.4) is 0 Å². The van der Waals surface area contributed by atoms with Gasteiger partial charge in [-0.2, -0.15) is 11.8 Å². The Hall–Kier alpha value is -4.64. The third-order valence-corrected chi connectivity index (χ3v) is 11.1. The summed E-state index contributed by atoms with van der Waals surface area (Å²) in [4.78, 5) is 99.5. The number of nitrogens with two attached hydrogens (primary N) is 2. The molecule has 0 spiro atoms. The van der Waals surface area contributed by atoms with Crippen molar-refractivity contribution >= 4 is 64.0 Å². The molecular weight excluding hydrogens is 739 g/mol. The first-order valence-corrected chi connectivity index (χ1v) is 20.9. The molecule has 4 rings (SSSR count). The third-order valence-electron chi connectivity index (χ3n) is 10.4. The van der Waals surface area contributed by atoms with E-state index in [1.807, 2.05) is 58.2 Å². The van der Waals surface area contributed by atoms with Gasteiger partial charge in [0.15, 0.2) is 0 Å². The van der Waals surface area contributed by atoms with E-state index in [1.165, 1.54) is 21.6 Å². The van der Waals surface area contributed by atoms with E-state index in [9.17, 15) is 33.6 Å². The molecule has 6 atom stereocenters. The molecule has 56 heavy (non-hydrogen) atoms. The second-order valence-corrected chi connectivity index (χ2v) is 16.5. The maximum atomic E-state index is 13.8. The smallest absolute Gasteiger partial charge is 0.246 e. The van der Waals surface area contributed by atoms with Crippen LogP contribution in [0.5, 0.6) is 0 Å². The molecule has 3 heterocycles. The standard InChI is InChI=1S/C39H59N9O7S/c1-22(2)18-28(46-37(53)30-12-8-15-47(30)38(54)31-13-9-16-48(31)39(55)33(40)23(3)4)35(51)43-21-32(49)44-29(36(52)45-27(34(41)50)14-17-56-5)19-24-20-42-26-11-7-6-10-25(24)26/h6-7,10-11,20,22-23,27-31,33,42H,8-9,12-19,21,40H2,1-5H3,(H2,41,50)(H,43,51)(H,44,49)(H,45,52)(H,46,53). The van der Waals surface area contributed by atoms with Gasteiger partial charge in [0.25, 0.3) is 0 Å². The number of benzene rings is 1. The lowest BCUT2D eigenvalue weighted by Crippen LogP contribution is -2.58. The van der Waals surface area contributed by atoms with Crippen molar-refractivity contribution in [2.24, 2.45) is 23.3 Å². The van der Waals surface area contributed by atoms with Crippen LogP contribution in [-0.2, 0) is 40.0 Å². The minimum atomic E-state index is -1.11. The molecule has 0 radical (unpaired) electrons. The van der Waals surface area contributed by atoms with Gasteiger partial charge >= 0.3 is 0 Å². The number of carbonyl (C=O) groups excluding carboxylic acids is 7. The van der Waals surface area contributed by atoms with E-state index in [4.69, 9.17) is 11.5 Å². The Bertz CT molecular complexity index is 1730. The van der Waals surface area contributed by atoms with Gasteiger partial charge in [0.05, 0.1) is 12.6 Å². The SMILES string of the molecule is CSCCC(NC(=O)C(Cc1c[nH]c2ccccc12)NC(=O)CNC(=O)C(CC(C)C)NC(=O)C1CCCN1C(=O)C1CCCN1C(=O)C(N)C(C)C)C(N)=O. The average molecular weight is 798 g/mol. The van der Waals surface area contributed by atoms with Gasteiger partial charge in [-0.3, -0.25) is 33.6 Å². The number of fused-ring (bicyclic) bond motifs is 1. The fourth-order valence-corrected chi connectivity index (χ4v) is 7.76. The van der Waals surface area contributed by atoms with Crippen LogP contribution in [0.1, 0.15) is 71.8 Å². The van der Waals surface area contributed by atoms with Crippen molar-refractivity contribution in [1.82, 2.24) is 36.1 Å². The summed E-state index contributed by atoms with van der Waals surface area (Å²) in [6.07, 6.45) is 6.40. The fourth-order valence-electron chi connectivity index (χ4n) is 7.29. The van der Waals surface area contributed by atoms with Gasteiger partial charge in [0.2, 0.25) is 41.4 Å². The maximum Gasteiger partial charge on any atom is 0.246 e. The van der Waals surface area contributed by atoms with Crippen molar-refractivity contribution in [3.8, 4) is 0 Å². The van der Waals surface area contributed by atoms with E-state index in [0.29, 0.717) is 50.9 Å². The van der Waals surface area contributed by atoms with E-state index in [-0.39, 0.29) is 36.5 Å². The highest BCUT2D eigenvalue weighted by atomic mass is 32.2. The Labute approximate surface area is 332 Å². The number of amides is 7. The molecular formula is C39H59N9O7S. The summed E-state index contributed by atoms with van der Waals surface area (Å²) >= 11 is 1.50. The molecule has 0 saturated carbocycles. The Kier molecular flexibility index (Phi) is 16.1. The van der Waals surface area contributed by atoms with Crippen LogP contribution in [0.4, 0.5) is 0 Å². The van der Waals surface area contributed by atoms with Crippen LogP contribution >= 0.6 is 11.8 Å². The number of likely N-dealkylation sites (tertiary alicyclic amines) is 2. The first kappa shape index (κ1) is 44.1. The van der Waals surface area contributed by atoms with E-state index in [2.05, 4.69) is 26.3 Å². The van der Waals surface area contributed by atoms with Crippen molar-refractivity contribution in [3.05, 3.63) is 36.0 Å². The normalized spacial score (nSPS) is 19.1. The number of thioether (sulfide) groups is 1. The summed E-state index contributed by atoms with van der Waals surface area (Å²) in [6.45, 7) is 7.76. The lowest BCUT2D eigenvalue weighted by Gasteiger charge is -2.33. The molecule has 16 nitrogen and oxygen atoms in total. The van der Waals surface area contributed by atoms with E-state index in [1.54, 1.807) is 6.20 Å². The number of aromatic nitrogens is 1. The number of H-pyrrole nitrogens is 1. The minimum Gasteiger partial charge on any atom is -0.368 e. The fraction of sp³-hybridized carbons (Fsp3) is 0.615. The van der Waals surface area contributed by atoms with Crippen LogP contribution in [0.25, 0.3) is 10.9 Å². The monoisotopic (exact) mass is 797 g/mol. The van der Waals surface area contributed by atoms with Crippen molar-refractivity contribution < 1.29 is 33.6 Å². The molecule has 2 aliphatic rings. The third kappa shape index (κ3) is 11.5. The first-order chi connectivity index (χ1) is 26.6. The second kappa shape index (κ2) is 20.5. The molecule has 2 fully saturated rings. The van der Waals surface area contributed by atoms with Gasteiger partial charge in [-0.1, -0.05) is 45.9 Å². The van der Waals surface area contributed by atoms with Crippen molar-refractivity contribution in [1.29, 1.82) is 0 Å². The summed E-state index contributed by atoms with van der Waals surface area (Å²) < 4.78 is 0.